The lowest BCUT2D eigenvalue weighted by Crippen LogP contribution is -2.28. The SMILES string of the molecule is Fc1cc(F)c2c(c1)CCC2C1CCCN1.O=C(O)C(F)(F)F. The van der Waals surface area contributed by atoms with Crippen LogP contribution in [0.2, 0.25) is 0 Å². The zero-order valence-corrected chi connectivity index (χ0v) is 12.1. The van der Waals surface area contributed by atoms with Gasteiger partial charge in [-0.3, -0.25) is 0 Å². The molecule has 128 valence electrons. The number of alkyl halides is 3. The third-order valence-corrected chi connectivity index (χ3v) is 4.10. The molecular formula is C15H16F5NO2. The fraction of sp³-hybridized carbons (Fsp3) is 0.533. The van der Waals surface area contributed by atoms with E-state index in [1.165, 1.54) is 12.5 Å². The molecule has 0 saturated carbocycles. The quantitative estimate of drug-likeness (QED) is 0.773. The summed E-state index contributed by atoms with van der Waals surface area (Å²) in [4.78, 5) is 8.90. The molecule has 2 aliphatic rings. The first-order chi connectivity index (χ1) is 10.7. The Bertz CT molecular complexity index is 582. The average molecular weight is 337 g/mol. The average Bonchev–Trinajstić information content (AvgIpc) is 3.05. The first kappa shape index (κ1) is 17.7. The maximum atomic E-state index is 13.8. The topological polar surface area (TPSA) is 49.3 Å². The Morgan fingerprint density at radius 3 is 2.39 bits per heavy atom. The molecule has 8 heteroatoms. The standard InChI is InChI=1S/C13H15F2N.C2HF3O2/c14-9-6-8-3-4-10(12-2-1-5-16-12)13(8)11(15)7-9;3-2(4,5)1(6)7/h6-7,10,12,16H,1-5H2;(H,6,7). The number of hydrogen-bond donors (Lipinski definition) is 2. The molecule has 0 spiro atoms. The van der Waals surface area contributed by atoms with Crippen LogP contribution in [-0.2, 0) is 11.2 Å². The number of nitrogens with one attached hydrogen (secondary N) is 1. The van der Waals surface area contributed by atoms with Crippen molar-refractivity contribution in [2.75, 3.05) is 6.54 Å². The fourth-order valence-electron chi connectivity index (χ4n) is 3.17. The third kappa shape index (κ3) is 4.19. The molecule has 1 aliphatic carbocycles. The van der Waals surface area contributed by atoms with Crippen molar-refractivity contribution in [3.05, 3.63) is 34.9 Å². The van der Waals surface area contributed by atoms with Crippen molar-refractivity contribution in [3.8, 4) is 0 Å². The van der Waals surface area contributed by atoms with Crippen LogP contribution in [0, 0.1) is 11.6 Å². The molecule has 2 N–H and O–H groups in total. The van der Waals surface area contributed by atoms with Crippen LogP contribution < -0.4 is 5.32 Å². The molecule has 2 atom stereocenters. The second-order valence-corrected chi connectivity index (χ2v) is 5.61. The Labute approximate surface area is 129 Å². The molecule has 0 radical (unpaired) electrons. The lowest BCUT2D eigenvalue weighted by molar-refractivity contribution is -0.192. The molecule has 1 fully saturated rings. The maximum Gasteiger partial charge on any atom is 0.490 e. The Kier molecular flexibility index (Phi) is 5.23. The van der Waals surface area contributed by atoms with E-state index < -0.39 is 18.0 Å². The summed E-state index contributed by atoms with van der Waals surface area (Å²) in [5.74, 6) is -3.31. The third-order valence-electron chi connectivity index (χ3n) is 4.10. The van der Waals surface area contributed by atoms with Gasteiger partial charge in [0.15, 0.2) is 0 Å². The molecule has 1 aliphatic heterocycles. The molecule has 2 unspecified atom stereocenters. The lowest BCUT2D eigenvalue weighted by Gasteiger charge is -2.20. The predicted molar refractivity (Wildman–Crippen MR) is 72.1 cm³/mol. The first-order valence-electron chi connectivity index (χ1n) is 7.21. The van der Waals surface area contributed by atoms with Crippen molar-refractivity contribution in [2.45, 2.75) is 43.8 Å². The first-order valence-corrected chi connectivity index (χ1v) is 7.21. The van der Waals surface area contributed by atoms with E-state index in [2.05, 4.69) is 5.32 Å². The minimum absolute atomic E-state index is 0.248. The highest BCUT2D eigenvalue weighted by atomic mass is 19.4. The minimum Gasteiger partial charge on any atom is -0.475 e. The van der Waals surface area contributed by atoms with E-state index in [0.29, 0.717) is 6.04 Å². The van der Waals surface area contributed by atoms with Crippen molar-refractivity contribution >= 4 is 5.97 Å². The maximum absolute atomic E-state index is 13.8. The van der Waals surface area contributed by atoms with Crippen LogP contribution in [0.5, 0.6) is 0 Å². The molecule has 1 heterocycles. The van der Waals surface area contributed by atoms with E-state index in [-0.39, 0.29) is 11.7 Å². The number of halogens is 5. The zero-order chi connectivity index (χ0) is 17.2. The molecule has 1 aromatic carbocycles. The summed E-state index contributed by atoms with van der Waals surface area (Å²) in [5, 5.41) is 10.5. The minimum atomic E-state index is -5.08. The molecule has 3 nitrogen and oxygen atoms in total. The lowest BCUT2D eigenvalue weighted by atomic mass is 9.92. The second kappa shape index (κ2) is 6.82. The molecule has 0 bridgehead atoms. The van der Waals surface area contributed by atoms with Crippen LogP contribution >= 0.6 is 0 Å². The summed E-state index contributed by atoms with van der Waals surface area (Å²) in [5.41, 5.74) is 1.64. The number of aryl methyl sites for hydroxylation is 1. The Hall–Kier alpha value is -1.70. The van der Waals surface area contributed by atoms with E-state index in [4.69, 9.17) is 9.90 Å². The molecule has 1 saturated heterocycles. The van der Waals surface area contributed by atoms with Gasteiger partial charge in [0, 0.05) is 18.0 Å². The molecule has 1 aromatic rings. The van der Waals surface area contributed by atoms with Crippen molar-refractivity contribution < 1.29 is 31.9 Å². The number of carboxylic acids is 1. The highest BCUT2D eigenvalue weighted by molar-refractivity contribution is 5.73. The summed E-state index contributed by atoms with van der Waals surface area (Å²) in [6.45, 7) is 1.03. The molecule has 0 aromatic heterocycles. The highest BCUT2D eigenvalue weighted by Gasteiger charge is 2.38. The summed E-state index contributed by atoms with van der Waals surface area (Å²) in [7, 11) is 0. The van der Waals surface area contributed by atoms with Gasteiger partial charge in [0.2, 0.25) is 0 Å². The van der Waals surface area contributed by atoms with Crippen molar-refractivity contribution in [1.29, 1.82) is 0 Å². The van der Waals surface area contributed by atoms with Gasteiger partial charge in [-0.15, -0.1) is 0 Å². The van der Waals surface area contributed by atoms with Gasteiger partial charge < -0.3 is 10.4 Å². The summed E-state index contributed by atoms with van der Waals surface area (Å²) < 4.78 is 58.6. The van der Waals surface area contributed by atoms with E-state index in [0.717, 1.165) is 43.0 Å². The fourth-order valence-corrected chi connectivity index (χ4v) is 3.17. The molecule has 23 heavy (non-hydrogen) atoms. The van der Waals surface area contributed by atoms with Gasteiger partial charge in [-0.1, -0.05) is 0 Å². The number of rotatable bonds is 1. The Balaban J connectivity index is 0.000000236. The largest absolute Gasteiger partial charge is 0.490 e. The summed E-state index contributed by atoms with van der Waals surface area (Å²) in [6, 6.07) is 2.90. The molecule has 3 rings (SSSR count). The number of fused-ring (bicyclic) bond motifs is 1. The molecule has 0 amide bonds. The van der Waals surface area contributed by atoms with Gasteiger partial charge in [-0.25, -0.2) is 13.6 Å². The van der Waals surface area contributed by atoms with Crippen LogP contribution in [0.3, 0.4) is 0 Å². The van der Waals surface area contributed by atoms with E-state index in [1.54, 1.807) is 0 Å². The van der Waals surface area contributed by atoms with Gasteiger partial charge in [0.1, 0.15) is 11.6 Å². The van der Waals surface area contributed by atoms with Crippen molar-refractivity contribution in [3.63, 3.8) is 0 Å². The molecular weight excluding hydrogens is 321 g/mol. The van der Waals surface area contributed by atoms with Crippen LogP contribution in [-0.4, -0.2) is 29.8 Å². The number of carboxylic acid groups (broad SMARTS) is 1. The smallest absolute Gasteiger partial charge is 0.475 e. The normalized spacial score (nSPS) is 23.2. The zero-order valence-electron chi connectivity index (χ0n) is 12.1. The van der Waals surface area contributed by atoms with Crippen LogP contribution in [0.25, 0.3) is 0 Å². The highest BCUT2D eigenvalue weighted by Crippen LogP contribution is 2.39. The number of carbonyl (C=O) groups is 1. The van der Waals surface area contributed by atoms with E-state index in [1.807, 2.05) is 0 Å². The van der Waals surface area contributed by atoms with Gasteiger partial charge in [-0.05, 0) is 49.4 Å². The van der Waals surface area contributed by atoms with Crippen LogP contribution in [0.4, 0.5) is 22.0 Å². The van der Waals surface area contributed by atoms with Crippen LogP contribution in [0.1, 0.15) is 36.3 Å². The number of benzene rings is 1. The van der Waals surface area contributed by atoms with Crippen molar-refractivity contribution in [2.24, 2.45) is 0 Å². The van der Waals surface area contributed by atoms with Gasteiger partial charge in [0.05, 0.1) is 0 Å². The summed E-state index contributed by atoms with van der Waals surface area (Å²) >= 11 is 0. The van der Waals surface area contributed by atoms with Crippen molar-refractivity contribution in [1.82, 2.24) is 5.32 Å². The van der Waals surface area contributed by atoms with Gasteiger partial charge in [0.25, 0.3) is 0 Å². The van der Waals surface area contributed by atoms with E-state index >= 15 is 0 Å². The monoisotopic (exact) mass is 337 g/mol. The van der Waals surface area contributed by atoms with Gasteiger partial charge in [-0.2, -0.15) is 13.2 Å². The number of aliphatic carboxylic acids is 1. The van der Waals surface area contributed by atoms with E-state index in [9.17, 15) is 22.0 Å². The van der Waals surface area contributed by atoms with Crippen LogP contribution in [0.15, 0.2) is 12.1 Å². The predicted octanol–water partition coefficient (Wildman–Crippen LogP) is 3.38. The second-order valence-electron chi connectivity index (χ2n) is 5.61. The number of hydrogen-bond acceptors (Lipinski definition) is 2. The Morgan fingerprint density at radius 2 is 1.87 bits per heavy atom. The van der Waals surface area contributed by atoms with Gasteiger partial charge >= 0.3 is 12.1 Å². The summed E-state index contributed by atoms with van der Waals surface area (Å²) in [6.07, 6.45) is -1.04. The Morgan fingerprint density at radius 1 is 1.22 bits per heavy atom.